The average molecular weight is 329 g/mol. The van der Waals surface area contributed by atoms with Crippen LogP contribution in [0.2, 0.25) is 0 Å². The first-order valence-corrected chi connectivity index (χ1v) is 7.68. The minimum absolute atomic E-state index is 0.132. The summed E-state index contributed by atoms with van der Waals surface area (Å²) in [5.41, 5.74) is 1.01. The van der Waals surface area contributed by atoms with Gasteiger partial charge in [-0.05, 0) is 13.8 Å². The maximum Gasteiger partial charge on any atom is 0.274 e. The van der Waals surface area contributed by atoms with Crippen molar-refractivity contribution in [1.82, 2.24) is 35.4 Å². The molecule has 0 radical (unpaired) electrons. The quantitative estimate of drug-likeness (QED) is 0.806. The normalized spacial score (nSPS) is 20.2. The Kier molecular flexibility index (Phi) is 4.24. The number of carbonyl (C=O) groups excluding carboxylic acids is 2. The number of nitrogens with one attached hydrogen (secondary N) is 2. The summed E-state index contributed by atoms with van der Waals surface area (Å²) in [4.78, 5) is 39.0. The molecule has 2 aromatic rings. The molecule has 3 rings (SSSR count). The van der Waals surface area contributed by atoms with Crippen LogP contribution < -0.4 is 5.32 Å². The van der Waals surface area contributed by atoms with Gasteiger partial charge < -0.3 is 10.2 Å². The Morgan fingerprint density at radius 1 is 1.25 bits per heavy atom. The van der Waals surface area contributed by atoms with Crippen molar-refractivity contribution in [2.24, 2.45) is 5.92 Å². The van der Waals surface area contributed by atoms with Gasteiger partial charge in [0.25, 0.3) is 5.91 Å². The maximum absolute atomic E-state index is 12.6. The van der Waals surface area contributed by atoms with Crippen LogP contribution >= 0.6 is 0 Å². The summed E-state index contributed by atoms with van der Waals surface area (Å²) < 4.78 is 0. The van der Waals surface area contributed by atoms with Crippen LogP contribution in [0.5, 0.6) is 0 Å². The summed E-state index contributed by atoms with van der Waals surface area (Å²) in [7, 11) is 1.58. The lowest BCUT2D eigenvalue weighted by Crippen LogP contribution is -2.34. The van der Waals surface area contributed by atoms with Crippen LogP contribution in [0.3, 0.4) is 0 Å². The Hall–Kier alpha value is -2.84. The summed E-state index contributed by atoms with van der Waals surface area (Å²) >= 11 is 0. The van der Waals surface area contributed by atoms with Crippen LogP contribution in [0.1, 0.15) is 33.7 Å². The van der Waals surface area contributed by atoms with Crippen LogP contribution in [0.4, 0.5) is 0 Å². The van der Waals surface area contributed by atoms with Gasteiger partial charge in [0.15, 0.2) is 5.82 Å². The van der Waals surface area contributed by atoms with Gasteiger partial charge in [0.1, 0.15) is 11.5 Å². The van der Waals surface area contributed by atoms with E-state index in [0.717, 1.165) is 5.69 Å². The highest BCUT2D eigenvalue weighted by atomic mass is 16.2. The second-order valence-electron chi connectivity index (χ2n) is 5.86. The molecule has 1 aliphatic heterocycles. The van der Waals surface area contributed by atoms with Crippen molar-refractivity contribution in [2.75, 3.05) is 20.1 Å². The monoisotopic (exact) mass is 329 g/mol. The van der Waals surface area contributed by atoms with Crippen molar-refractivity contribution in [3.63, 3.8) is 0 Å². The minimum atomic E-state index is -0.396. The van der Waals surface area contributed by atoms with Crippen molar-refractivity contribution in [1.29, 1.82) is 0 Å². The standard InChI is InChI=1S/C15H19N7O2/c1-8-4-18-12(5-17-8)15(24)22-6-10(11(7-22)14(23)16-3)13-19-9(2)20-21-13/h4-5,10-11H,6-7H2,1-3H3,(H,16,23)(H,19,20,21). The van der Waals surface area contributed by atoms with Crippen LogP contribution in [0, 0.1) is 19.8 Å². The van der Waals surface area contributed by atoms with Gasteiger partial charge in [-0.2, -0.15) is 5.10 Å². The van der Waals surface area contributed by atoms with Crippen molar-refractivity contribution in [3.05, 3.63) is 35.4 Å². The molecule has 0 aliphatic carbocycles. The average Bonchev–Trinajstić information content (AvgIpc) is 3.20. The molecule has 2 atom stereocenters. The molecule has 0 saturated carbocycles. The van der Waals surface area contributed by atoms with Crippen molar-refractivity contribution < 1.29 is 9.59 Å². The summed E-state index contributed by atoms with van der Waals surface area (Å²) in [6, 6.07) is 0. The highest BCUT2D eigenvalue weighted by molar-refractivity contribution is 5.93. The van der Waals surface area contributed by atoms with Gasteiger partial charge in [-0.15, -0.1) is 0 Å². The van der Waals surface area contributed by atoms with E-state index < -0.39 is 5.92 Å². The van der Waals surface area contributed by atoms with E-state index in [-0.39, 0.29) is 23.4 Å². The third-order valence-electron chi connectivity index (χ3n) is 4.14. The third kappa shape index (κ3) is 2.97. The number of aromatic nitrogens is 5. The number of hydrogen-bond acceptors (Lipinski definition) is 6. The highest BCUT2D eigenvalue weighted by Gasteiger charge is 2.42. The van der Waals surface area contributed by atoms with Gasteiger partial charge in [-0.25, -0.2) is 9.97 Å². The zero-order valence-corrected chi connectivity index (χ0v) is 13.8. The van der Waals surface area contributed by atoms with Gasteiger partial charge in [0.05, 0.1) is 23.7 Å². The Balaban J connectivity index is 1.84. The summed E-state index contributed by atoms with van der Waals surface area (Å²) in [6.45, 7) is 4.27. The molecule has 2 unspecified atom stereocenters. The molecule has 0 aromatic carbocycles. The topological polar surface area (TPSA) is 117 Å². The lowest BCUT2D eigenvalue weighted by atomic mass is 9.94. The molecule has 3 heterocycles. The Morgan fingerprint density at radius 2 is 2.04 bits per heavy atom. The number of nitrogens with zero attached hydrogens (tertiary/aromatic N) is 5. The van der Waals surface area contributed by atoms with E-state index in [4.69, 9.17) is 0 Å². The number of rotatable bonds is 3. The molecular formula is C15H19N7O2. The fourth-order valence-corrected chi connectivity index (χ4v) is 2.87. The molecule has 1 fully saturated rings. The second kappa shape index (κ2) is 6.34. The van der Waals surface area contributed by atoms with Crippen molar-refractivity contribution >= 4 is 11.8 Å². The first kappa shape index (κ1) is 16.0. The number of amides is 2. The van der Waals surface area contributed by atoms with Crippen molar-refractivity contribution in [2.45, 2.75) is 19.8 Å². The van der Waals surface area contributed by atoms with E-state index in [1.54, 1.807) is 32.0 Å². The number of H-pyrrole nitrogens is 1. The van der Waals surface area contributed by atoms with E-state index in [0.29, 0.717) is 24.7 Å². The zero-order valence-electron chi connectivity index (χ0n) is 13.8. The van der Waals surface area contributed by atoms with E-state index in [1.807, 2.05) is 0 Å². The molecule has 1 saturated heterocycles. The Morgan fingerprint density at radius 3 is 2.62 bits per heavy atom. The molecular weight excluding hydrogens is 310 g/mol. The Labute approximate surface area is 138 Å². The molecule has 2 aromatic heterocycles. The van der Waals surface area contributed by atoms with Crippen LogP contribution in [0.15, 0.2) is 12.4 Å². The summed E-state index contributed by atoms with van der Waals surface area (Å²) in [5, 5.41) is 9.60. The smallest absolute Gasteiger partial charge is 0.274 e. The van der Waals surface area contributed by atoms with Gasteiger partial charge in [-0.3, -0.25) is 19.7 Å². The first-order valence-electron chi connectivity index (χ1n) is 7.68. The molecule has 9 nitrogen and oxygen atoms in total. The molecule has 24 heavy (non-hydrogen) atoms. The second-order valence-corrected chi connectivity index (χ2v) is 5.86. The molecule has 0 bridgehead atoms. The van der Waals surface area contributed by atoms with Crippen LogP contribution in [-0.2, 0) is 4.79 Å². The lowest BCUT2D eigenvalue weighted by molar-refractivity contribution is -0.124. The Bertz CT molecular complexity index is 755. The molecule has 2 N–H and O–H groups in total. The molecule has 2 amide bonds. The fourth-order valence-electron chi connectivity index (χ4n) is 2.87. The lowest BCUT2D eigenvalue weighted by Gasteiger charge is -2.15. The van der Waals surface area contributed by atoms with E-state index >= 15 is 0 Å². The van der Waals surface area contributed by atoms with E-state index in [1.165, 1.54) is 6.20 Å². The maximum atomic E-state index is 12.6. The van der Waals surface area contributed by atoms with Gasteiger partial charge >= 0.3 is 0 Å². The molecule has 126 valence electrons. The predicted octanol–water partition coefficient (Wildman–Crippen LogP) is -0.187. The first-order chi connectivity index (χ1) is 11.5. The number of carbonyl (C=O) groups is 2. The van der Waals surface area contributed by atoms with Gasteiger partial charge in [0, 0.05) is 26.3 Å². The van der Waals surface area contributed by atoms with E-state index in [2.05, 4.69) is 30.5 Å². The molecule has 0 spiro atoms. The minimum Gasteiger partial charge on any atom is -0.359 e. The zero-order chi connectivity index (χ0) is 17.3. The number of likely N-dealkylation sites (tertiary alicyclic amines) is 1. The van der Waals surface area contributed by atoms with Gasteiger partial charge in [0.2, 0.25) is 5.91 Å². The number of hydrogen-bond donors (Lipinski definition) is 2. The van der Waals surface area contributed by atoms with Crippen LogP contribution in [0.25, 0.3) is 0 Å². The summed E-state index contributed by atoms with van der Waals surface area (Å²) in [6.07, 6.45) is 3.01. The van der Waals surface area contributed by atoms with E-state index in [9.17, 15) is 9.59 Å². The SMILES string of the molecule is CNC(=O)C1CN(C(=O)c2cnc(C)cn2)CC1c1n[nH]c(C)n1. The number of aromatic amines is 1. The highest BCUT2D eigenvalue weighted by Crippen LogP contribution is 2.31. The molecule has 9 heteroatoms. The van der Waals surface area contributed by atoms with Gasteiger partial charge in [-0.1, -0.05) is 0 Å². The van der Waals surface area contributed by atoms with Crippen LogP contribution in [-0.4, -0.2) is 62.0 Å². The third-order valence-corrected chi connectivity index (χ3v) is 4.14. The fraction of sp³-hybridized carbons (Fsp3) is 0.467. The predicted molar refractivity (Wildman–Crippen MR) is 84.1 cm³/mol. The summed E-state index contributed by atoms with van der Waals surface area (Å²) in [5.74, 6) is 0.199. The van der Waals surface area contributed by atoms with Crippen molar-refractivity contribution in [3.8, 4) is 0 Å². The molecule has 1 aliphatic rings. The largest absolute Gasteiger partial charge is 0.359 e. The number of aryl methyl sites for hydroxylation is 2.